The van der Waals surface area contributed by atoms with Gasteiger partial charge in [0.2, 0.25) is 0 Å². The molecule has 0 aromatic heterocycles. The molecule has 2 heteroatoms. The van der Waals surface area contributed by atoms with Gasteiger partial charge in [-0.1, -0.05) is 13.3 Å². The van der Waals surface area contributed by atoms with Crippen molar-refractivity contribution in [1.82, 2.24) is 0 Å². The van der Waals surface area contributed by atoms with Gasteiger partial charge in [0.1, 0.15) is 0 Å². The minimum Gasteiger partial charge on any atom is -0.328 e. The molecule has 11 heavy (non-hydrogen) atoms. The van der Waals surface area contributed by atoms with E-state index in [9.17, 15) is 0 Å². The standard InChI is InChI=1S/C9H20N2/c1-2-9(11)7-4-3-5-8(10)6-7/h7-9H,2-6,10-11H2,1H3. The lowest BCUT2D eigenvalue weighted by molar-refractivity contribution is 0.274. The molecule has 0 aliphatic heterocycles. The molecule has 2 nitrogen and oxygen atoms in total. The molecule has 1 aliphatic carbocycles. The van der Waals surface area contributed by atoms with Crippen molar-refractivity contribution in [3.05, 3.63) is 0 Å². The SMILES string of the molecule is CCC(N)C1CCCC(N)C1. The zero-order chi connectivity index (χ0) is 8.27. The van der Waals surface area contributed by atoms with Crippen molar-refractivity contribution >= 4 is 0 Å². The van der Waals surface area contributed by atoms with Crippen molar-refractivity contribution in [3.8, 4) is 0 Å². The summed E-state index contributed by atoms with van der Waals surface area (Å²) in [5.74, 6) is 0.698. The molecule has 0 amide bonds. The van der Waals surface area contributed by atoms with Gasteiger partial charge in [-0.2, -0.15) is 0 Å². The van der Waals surface area contributed by atoms with E-state index in [0.717, 1.165) is 12.8 Å². The first-order valence-electron chi connectivity index (χ1n) is 4.75. The van der Waals surface area contributed by atoms with Gasteiger partial charge in [0, 0.05) is 12.1 Å². The molecule has 66 valence electrons. The normalized spacial score (nSPS) is 35.2. The summed E-state index contributed by atoms with van der Waals surface area (Å²) in [6, 6.07) is 0.813. The summed E-state index contributed by atoms with van der Waals surface area (Å²) in [5, 5.41) is 0. The summed E-state index contributed by atoms with van der Waals surface area (Å²) in [7, 11) is 0. The van der Waals surface area contributed by atoms with E-state index in [1.807, 2.05) is 0 Å². The maximum atomic E-state index is 5.95. The fourth-order valence-electron chi connectivity index (χ4n) is 1.99. The molecule has 0 radical (unpaired) electrons. The summed E-state index contributed by atoms with van der Waals surface area (Å²) >= 11 is 0. The second kappa shape index (κ2) is 4.07. The number of nitrogens with two attached hydrogens (primary N) is 2. The molecular formula is C9H20N2. The van der Waals surface area contributed by atoms with Crippen molar-refractivity contribution < 1.29 is 0 Å². The predicted molar refractivity (Wildman–Crippen MR) is 48.2 cm³/mol. The first-order valence-corrected chi connectivity index (χ1v) is 4.75. The highest BCUT2D eigenvalue weighted by Crippen LogP contribution is 2.25. The van der Waals surface area contributed by atoms with Gasteiger partial charge in [0.15, 0.2) is 0 Å². The largest absolute Gasteiger partial charge is 0.328 e. The van der Waals surface area contributed by atoms with Gasteiger partial charge in [-0.05, 0) is 31.6 Å². The van der Waals surface area contributed by atoms with Crippen LogP contribution in [0, 0.1) is 5.92 Å². The van der Waals surface area contributed by atoms with Crippen LogP contribution in [0.2, 0.25) is 0 Å². The summed E-state index contributed by atoms with van der Waals surface area (Å²) in [6.07, 6.45) is 6.02. The van der Waals surface area contributed by atoms with Crippen LogP contribution in [0.1, 0.15) is 39.0 Å². The van der Waals surface area contributed by atoms with Crippen molar-refractivity contribution in [2.24, 2.45) is 17.4 Å². The van der Waals surface area contributed by atoms with Crippen LogP contribution < -0.4 is 11.5 Å². The maximum Gasteiger partial charge on any atom is 0.00651 e. The van der Waals surface area contributed by atoms with Crippen LogP contribution in [-0.4, -0.2) is 12.1 Å². The Kier molecular flexibility index (Phi) is 3.34. The Morgan fingerprint density at radius 2 is 2.18 bits per heavy atom. The van der Waals surface area contributed by atoms with Crippen molar-refractivity contribution in [1.29, 1.82) is 0 Å². The number of hydrogen-bond donors (Lipinski definition) is 2. The van der Waals surface area contributed by atoms with E-state index in [2.05, 4.69) is 6.92 Å². The Morgan fingerprint density at radius 1 is 1.45 bits per heavy atom. The van der Waals surface area contributed by atoms with E-state index in [0.29, 0.717) is 18.0 Å². The van der Waals surface area contributed by atoms with E-state index >= 15 is 0 Å². The van der Waals surface area contributed by atoms with Crippen LogP contribution in [0.4, 0.5) is 0 Å². The Bertz CT molecular complexity index is 114. The van der Waals surface area contributed by atoms with Crippen LogP contribution >= 0.6 is 0 Å². The van der Waals surface area contributed by atoms with Crippen LogP contribution in [0.25, 0.3) is 0 Å². The number of hydrogen-bond acceptors (Lipinski definition) is 2. The van der Waals surface area contributed by atoms with E-state index in [-0.39, 0.29) is 0 Å². The van der Waals surface area contributed by atoms with Crippen LogP contribution in [0.5, 0.6) is 0 Å². The topological polar surface area (TPSA) is 52.0 Å². The number of rotatable bonds is 2. The van der Waals surface area contributed by atoms with E-state index in [4.69, 9.17) is 11.5 Å². The quantitative estimate of drug-likeness (QED) is 0.632. The fourth-order valence-corrected chi connectivity index (χ4v) is 1.99. The molecule has 0 heterocycles. The lowest BCUT2D eigenvalue weighted by atomic mass is 9.81. The molecule has 3 unspecified atom stereocenters. The third kappa shape index (κ3) is 2.46. The zero-order valence-electron chi connectivity index (χ0n) is 7.42. The van der Waals surface area contributed by atoms with Gasteiger partial charge in [-0.3, -0.25) is 0 Å². The highest BCUT2D eigenvalue weighted by molar-refractivity contribution is 4.81. The van der Waals surface area contributed by atoms with E-state index < -0.39 is 0 Å². The van der Waals surface area contributed by atoms with Crippen molar-refractivity contribution in [2.75, 3.05) is 0 Å². The molecule has 0 aromatic carbocycles. The van der Waals surface area contributed by atoms with Crippen LogP contribution in [-0.2, 0) is 0 Å². The van der Waals surface area contributed by atoms with E-state index in [1.165, 1.54) is 19.3 Å². The second-order valence-corrected chi connectivity index (χ2v) is 3.76. The summed E-state index contributed by atoms with van der Waals surface area (Å²) in [6.45, 7) is 2.16. The van der Waals surface area contributed by atoms with Gasteiger partial charge in [0.25, 0.3) is 0 Å². The van der Waals surface area contributed by atoms with Gasteiger partial charge < -0.3 is 11.5 Å². The van der Waals surface area contributed by atoms with Gasteiger partial charge in [-0.25, -0.2) is 0 Å². The van der Waals surface area contributed by atoms with E-state index in [1.54, 1.807) is 0 Å². The molecule has 3 atom stereocenters. The highest BCUT2D eigenvalue weighted by Gasteiger charge is 2.22. The summed E-state index contributed by atoms with van der Waals surface area (Å²) in [4.78, 5) is 0. The molecule has 0 saturated heterocycles. The van der Waals surface area contributed by atoms with Gasteiger partial charge in [0.05, 0.1) is 0 Å². The minimum atomic E-state index is 0.390. The van der Waals surface area contributed by atoms with Gasteiger partial charge in [-0.15, -0.1) is 0 Å². The Morgan fingerprint density at radius 3 is 2.73 bits per heavy atom. The molecule has 0 bridgehead atoms. The Balaban J connectivity index is 2.33. The van der Waals surface area contributed by atoms with Crippen molar-refractivity contribution in [2.45, 2.75) is 51.1 Å². The van der Waals surface area contributed by atoms with Crippen LogP contribution in [0.15, 0.2) is 0 Å². The lowest BCUT2D eigenvalue weighted by Gasteiger charge is -2.30. The molecule has 1 rings (SSSR count). The first-order chi connectivity index (χ1) is 5.24. The zero-order valence-corrected chi connectivity index (χ0v) is 7.42. The molecule has 0 spiro atoms. The molecule has 1 fully saturated rings. The molecular weight excluding hydrogens is 136 g/mol. The van der Waals surface area contributed by atoms with Crippen LogP contribution in [0.3, 0.4) is 0 Å². The average Bonchev–Trinajstić information content (AvgIpc) is 2.03. The minimum absolute atomic E-state index is 0.390. The lowest BCUT2D eigenvalue weighted by Crippen LogP contribution is -2.37. The smallest absolute Gasteiger partial charge is 0.00651 e. The predicted octanol–water partition coefficient (Wildman–Crippen LogP) is 1.24. The first kappa shape index (κ1) is 9.01. The molecule has 4 N–H and O–H groups in total. The monoisotopic (exact) mass is 156 g/mol. The molecule has 0 aromatic rings. The third-order valence-corrected chi connectivity index (χ3v) is 2.83. The van der Waals surface area contributed by atoms with Crippen molar-refractivity contribution in [3.63, 3.8) is 0 Å². The fraction of sp³-hybridized carbons (Fsp3) is 1.00. The summed E-state index contributed by atoms with van der Waals surface area (Å²) < 4.78 is 0. The average molecular weight is 156 g/mol. The maximum absolute atomic E-state index is 5.95. The molecule has 1 saturated carbocycles. The highest BCUT2D eigenvalue weighted by atomic mass is 14.7. The van der Waals surface area contributed by atoms with Gasteiger partial charge >= 0.3 is 0 Å². The molecule has 1 aliphatic rings. The Labute approximate surface area is 69.3 Å². The summed E-state index contributed by atoms with van der Waals surface area (Å²) in [5.41, 5.74) is 11.8. The Hall–Kier alpha value is -0.0800. The third-order valence-electron chi connectivity index (χ3n) is 2.83. The second-order valence-electron chi connectivity index (χ2n) is 3.76.